The zero-order chi connectivity index (χ0) is 18.5. The van der Waals surface area contributed by atoms with Crippen LogP contribution in [0, 0.1) is 5.92 Å². The smallest absolute Gasteiger partial charge is 0.222 e. The maximum atomic E-state index is 11.9. The molecule has 0 aromatic heterocycles. The van der Waals surface area contributed by atoms with Gasteiger partial charge >= 0.3 is 0 Å². The molecule has 1 N–H and O–H groups in total. The summed E-state index contributed by atoms with van der Waals surface area (Å²) in [5.74, 6) is 0.808. The van der Waals surface area contributed by atoms with Crippen molar-refractivity contribution in [2.45, 2.75) is 71.4 Å². The zero-order valence-electron chi connectivity index (χ0n) is 16.1. The summed E-state index contributed by atoms with van der Waals surface area (Å²) in [4.78, 5) is 23.1. The fourth-order valence-electron chi connectivity index (χ4n) is 3.05. The molecule has 25 heavy (non-hydrogen) atoms. The summed E-state index contributed by atoms with van der Waals surface area (Å²) in [6.07, 6.45) is 5.28. The third-order valence-corrected chi connectivity index (χ3v) is 4.31. The predicted octanol–water partition coefficient (Wildman–Crippen LogP) is 2.49. The van der Waals surface area contributed by atoms with Crippen molar-refractivity contribution in [3.63, 3.8) is 0 Å². The molecule has 1 saturated carbocycles. The lowest BCUT2D eigenvalue weighted by atomic mass is 9.83. The SMILES string of the molecule is CC(=O)CC1CCC(NC(=O)CCOCCOCCOC(C)C)CC1. The molecule has 0 aliphatic heterocycles. The lowest BCUT2D eigenvalue weighted by Gasteiger charge is -2.28. The van der Waals surface area contributed by atoms with Gasteiger partial charge in [0.15, 0.2) is 0 Å². The van der Waals surface area contributed by atoms with Gasteiger partial charge in [0, 0.05) is 18.9 Å². The number of carbonyl (C=O) groups excluding carboxylic acids is 2. The quantitative estimate of drug-likeness (QED) is 0.513. The second kappa shape index (κ2) is 13.3. The topological polar surface area (TPSA) is 73.9 Å². The van der Waals surface area contributed by atoms with E-state index in [1.807, 2.05) is 13.8 Å². The van der Waals surface area contributed by atoms with Crippen molar-refractivity contribution in [3.8, 4) is 0 Å². The highest BCUT2D eigenvalue weighted by atomic mass is 16.5. The highest BCUT2D eigenvalue weighted by Crippen LogP contribution is 2.27. The highest BCUT2D eigenvalue weighted by molar-refractivity contribution is 5.76. The molecule has 1 fully saturated rings. The first-order valence-electron chi connectivity index (χ1n) is 9.53. The number of ether oxygens (including phenoxy) is 3. The van der Waals surface area contributed by atoms with Crippen LogP contribution in [0.4, 0.5) is 0 Å². The average molecular weight is 357 g/mol. The Bertz CT molecular complexity index is 378. The van der Waals surface area contributed by atoms with E-state index in [-0.39, 0.29) is 23.8 Å². The Morgan fingerprint density at radius 3 is 2.16 bits per heavy atom. The molecule has 0 aromatic rings. The van der Waals surface area contributed by atoms with Gasteiger partial charge in [-0.1, -0.05) is 0 Å². The number of rotatable bonds is 13. The van der Waals surface area contributed by atoms with Gasteiger partial charge in [-0.15, -0.1) is 0 Å². The molecule has 1 aliphatic carbocycles. The van der Waals surface area contributed by atoms with Crippen LogP contribution in [0.2, 0.25) is 0 Å². The molecule has 0 aromatic carbocycles. The standard InChI is InChI=1S/C19H35NO5/c1-15(2)25-13-12-24-11-10-23-9-8-19(22)20-18-6-4-17(5-7-18)14-16(3)21/h15,17-18H,4-14H2,1-3H3,(H,20,22). The van der Waals surface area contributed by atoms with E-state index in [0.717, 1.165) is 25.7 Å². The molecule has 1 aliphatic rings. The van der Waals surface area contributed by atoms with Crippen LogP contribution >= 0.6 is 0 Å². The Hall–Kier alpha value is -0.980. The Morgan fingerprint density at radius 2 is 1.56 bits per heavy atom. The molecular formula is C19H35NO5. The third kappa shape index (κ3) is 12.1. The van der Waals surface area contributed by atoms with Gasteiger partial charge in [-0.2, -0.15) is 0 Å². The number of hydrogen-bond donors (Lipinski definition) is 1. The van der Waals surface area contributed by atoms with Crippen molar-refractivity contribution < 1.29 is 23.8 Å². The Kier molecular flexibility index (Phi) is 11.7. The van der Waals surface area contributed by atoms with Crippen LogP contribution in [0.3, 0.4) is 0 Å². The molecule has 1 rings (SSSR count). The van der Waals surface area contributed by atoms with Crippen molar-refractivity contribution in [2.24, 2.45) is 5.92 Å². The molecule has 6 heteroatoms. The maximum absolute atomic E-state index is 11.9. The second-order valence-electron chi connectivity index (χ2n) is 7.09. The molecule has 0 atom stereocenters. The predicted molar refractivity (Wildman–Crippen MR) is 96.5 cm³/mol. The van der Waals surface area contributed by atoms with Crippen LogP contribution in [-0.4, -0.2) is 56.9 Å². The molecule has 0 radical (unpaired) electrons. The fourth-order valence-corrected chi connectivity index (χ4v) is 3.05. The third-order valence-electron chi connectivity index (χ3n) is 4.31. The monoisotopic (exact) mass is 357 g/mol. The van der Waals surface area contributed by atoms with Gasteiger partial charge in [-0.25, -0.2) is 0 Å². The van der Waals surface area contributed by atoms with Crippen molar-refractivity contribution in [2.75, 3.05) is 33.0 Å². The first-order chi connectivity index (χ1) is 12.0. The van der Waals surface area contributed by atoms with E-state index in [1.54, 1.807) is 6.92 Å². The van der Waals surface area contributed by atoms with Crippen molar-refractivity contribution >= 4 is 11.7 Å². The van der Waals surface area contributed by atoms with Gasteiger partial charge in [-0.05, 0) is 52.4 Å². The van der Waals surface area contributed by atoms with Gasteiger partial charge in [-0.3, -0.25) is 4.79 Å². The Labute approximate surface area is 152 Å². The van der Waals surface area contributed by atoms with Gasteiger partial charge < -0.3 is 24.3 Å². The zero-order valence-corrected chi connectivity index (χ0v) is 16.1. The average Bonchev–Trinajstić information content (AvgIpc) is 2.54. The van der Waals surface area contributed by atoms with Crippen LogP contribution in [0.5, 0.6) is 0 Å². The Balaban J connectivity index is 1.93. The lowest BCUT2D eigenvalue weighted by molar-refractivity contribution is -0.123. The summed E-state index contributed by atoms with van der Waals surface area (Å²) in [6, 6.07) is 0.250. The fraction of sp³-hybridized carbons (Fsp3) is 0.895. The number of hydrogen-bond acceptors (Lipinski definition) is 5. The van der Waals surface area contributed by atoms with E-state index in [4.69, 9.17) is 14.2 Å². The molecule has 0 spiro atoms. The number of amides is 1. The molecule has 0 heterocycles. The summed E-state index contributed by atoms with van der Waals surface area (Å²) in [6.45, 7) is 8.21. The van der Waals surface area contributed by atoms with Crippen LogP contribution in [-0.2, 0) is 23.8 Å². The lowest BCUT2D eigenvalue weighted by Crippen LogP contribution is -2.38. The molecule has 0 saturated heterocycles. The molecule has 1 amide bonds. The number of Topliss-reactive ketones (excluding diaryl/α,β-unsaturated/α-hetero) is 1. The minimum absolute atomic E-state index is 0.0428. The molecule has 0 unspecified atom stereocenters. The maximum Gasteiger partial charge on any atom is 0.222 e. The van der Waals surface area contributed by atoms with E-state index in [9.17, 15) is 9.59 Å². The number of ketones is 1. The van der Waals surface area contributed by atoms with Gasteiger partial charge in [0.05, 0.1) is 39.1 Å². The largest absolute Gasteiger partial charge is 0.379 e. The van der Waals surface area contributed by atoms with E-state index in [0.29, 0.717) is 51.8 Å². The number of carbonyl (C=O) groups is 2. The van der Waals surface area contributed by atoms with Crippen molar-refractivity contribution in [1.29, 1.82) is 0 Å². The molecule has 146 valence electrons. The van der Waals surface area contributed by atoms with Crippen LogP contribution in [0.15, 0.2) is 0 Å². The van der Waals surface area contributed by atoms with E-state index in [1.165, 1.54) is 0 Å². The Morgan fingerprint density at radius 1 is 0.960 bits per heavy atom. The summed E-state index contributed by atoms with van der Waals surface area (Å²) in [7, 11) is 0. The molecule has 0 bridgehead atoms. The van der Waals surface area contributed by atoms with Crippen molar-refractivity contribution in [1.82, 2.24) is 5.32 Å². The highest BCUT2D eigenvalue weighted by Gasteiger charge is 2.23. The summed E-state index contributed by atoms with van der Waals surface area (Å²) in [5.41, 5.74) is 0. The normalized spacial score (nSPS) is 20.6. The van der Waals surface area contributed by atoms with Gasteiger partial charge in [0.2, 0.25) is 5.91 Å². The van der Waals surface area contributed by atoms with Crippen LogP contribution in [0.1, 0.15) is 59.3 Å². The minimum atomic E-state index is 0.0428. The first-order valence-corrected chi connectivity index (χ1v) is 9.53. The summed E-state index contributed by atoms with van der Waals surface area (Å²) < 4.78 is 16.2. The summed E-state index contributed by atoms with van der Waals surface area (Å²) in [5, 5.41) is 3.07. The minimum Gasteiger partial charge on any atom is -0.379 e. The second-order valence-corrected chi connectivity index (χ2v) is 7.09. The van der Waals surface area contributed by atoms with Crippen LogP contribution in [0.25, 0.3) is 0 Å². The van der Waals surface area contributed by atoms with Gasteiger partial charge in [0.25, 0.3) is 0 Å². The van der Waals surface area contributed by atoms with Crippen LogP contribution < -0.4 is 5.32 Å². The van der Waals surface area contributed by atoms with E-state index in [2.05, 4.69) is 5.32 Å². The molecular weight excluding hydrogens is 322 g/mol. The van der Waals surface area contributed by atoms with E-state index < -0.39 is 0 Å². The first kappa shape index (κ1) is 22.1. The molecule has 6 nitrogen and oxygen atoms in total. The summed E-state index contributed by atoms with van der Waals surface area (Å²) >= 11 is 0. The van der Waals surface area contributed by atoms with Gasteiger partial charge in [0.1, 0.15) is 5.78 Å². The van der Waals surface area contributed by atoms with E-state index >= 15 is 0 Å². The van der Waals surface area contributed by atoms with Crippen molar-refractivity contribution in [3.05, 3.63) is 0 Å². The number of nitrogens with one attached hydrogen (secondary N) is 1.